The van der Waals surface area contributed by atoms with Gasteiger partial charge in [0.2, 0.25) is 0 Å². The Bertz CT molecular complexity index is 510. The van der Waals surface area contributed by atoms with Crippen molar-refractivity contribution in [1.29, 1.82) is 0 Å². The first-order valence-electron chi connectivity index (χ1n) is 5.00. The van der Waals surface area contributed by atoms with Crippen LogP contribution in [0.2, 0.25) is 0 Å². The van der Waals surface area contributed by atoms with Crippen molar-refractivity contribution in [1.82, 2.24) is 0 Å². The molecule has 0 heterocycles. The van der Waals surface area contributed by atoms with E-state index in [0.717, 1.165) is 0 Å². The second-order valence-corrected chi connectivity index (χ2v) is 3.02. The molecule has 0 aliphatic carbocycles. The van der Waals surface area contributed by atoms with Crippen LogP contribution in [0.3, 0.4) is 0 Å². The molecule has 0 amide bonds. The van der Waals surface area contributed by atoms with Gasteiger partial charge in [0.15, 0.2) is 5.78 Å². The molecule has 0 saturated carbocycles. The highest BCUT2D eigenvalue weighted by Gasteiger charge is 2.08. The van der Waals surface area contributed by atoms with Crippen LogP contribution in [0.1, 0.15) is 23.7 Å². The van der Waals surface area contributed by atoms with E-state index in [1.54, 1.807) is 19.2 Å². The number of carbonyl (C=O) groups is 1. The minimum Gasteiger partial charge on any atom is -0.293 e. The van der Waals surface area contributed by atoms with Crippen molar-refractivity contribution in [2.75, 3.05) is 0 Å². The minimum atomic E-state index is -0.529. The predicted octanol–water partition coefficient (Wildman–Crippen LogP) is 2.48. The zero-order valence-electron chi connectivity index (χ0n) is 9.35. The molecule has 3 nitrogen and oxygen atoms in total. The summed E-state index contributed by atoms with van der Waals surface area (Å²) in [6.45, 7) is 1.75. The lowest BCUT2D eigenvalue weighted by Crippen LogP contribution is -2.00. The fourth-order valence-corrected chi connectivity index (χ4v) is 1.08. The molecule has 1 aromatic rings. The van der Waals surface area contributed by atoms with Crippen molar-refractivity contribution in [3.8, 4) is 12.0 Å². The van der Waals surface area contributed by atoms with Crippen LogP contribution in [-0.4, -0.2) is 18.3 Å². The van der Waals surface area contributed by atoms with E-state index in [4.69, 9.17) is 0 Å². The monoisotopic (exact) mass is 230 g/mol. The van der Waals surface area contributed by atoms with Gasteiger partial charge >= 0.3 is 0 Å². The number of hydrogen-bond acceptors (Lipinski definition) is 2. The molecular formula is C13H11FN2O. The van der Waals surface area contributed by atoms with Crippen LogP contribution in [0.5, 0.6) is 0 Å². The van der Waals surface area contributed by atoms with Crippen LogP contribution in [0.25, 0.3) is 0 Å². The Kier molecular flexibility index (Phi) is 5.32. The van der Waals surface area contributed by atoms with Gasteiger partial charge in [0.05, 0.1) is 12.0 Å². The SMILES string of the molecule is CC=NC=NC#CCC(=O)c1ccccc1F. The predicted molar refractivity (Wildman–Crippen MR) is 65.8 cm³/mol. The third-order valence-corrected chi connectivity index (χ3v) is 1.84. The van der Waals surface area contributed by atoms with E-state index in [1.807, 2.05) is 0 Å². The molecular weight excluding hydrogens is 219 g/mol. The number of ketones is 1. The topological polar surface area (TPSA) is 41.8 Å². The first-order valence-corrected chi connectivity index (χ1v) is 5.00. The third kappa shape index (κ3) is 4.39. The molecule has 86 valence electrons. The summed E-state index contributed by atoms with van der Waals surface area (Å²) in [5.74, 6) is 1.65. The summed E-state index contributed by atoms with van der Waals surface area (Å²) in [6.07, 6.45) is 2.78. The molecule has 4 heteroatoms. The first-order chi connectivity index (χ1) is 8.25. The van der Waals surface area contributed by atoms with E-state index in [-0.39, 0.29) is 17.8 Å². The van der Waals surface area contributed by atoms with Crippen LogP contribution >= 0.6 is 0 Å². The van der Waals surface area contributed by atoms with Crippen molar-refractivity contribution in [2.45, 2.75) is 13.3 Å². The van der Waals surface area contributed by atoms with Gasteiger partial charge in [-0.05, 0) is 19.1 Å². The Morgan fingerprint density at radius 3 is 2.94 bits per heavy atom. The number of Topliss-reactive ketones (excluding diaryl/α,β-unsaturated/α-hetero) is 1. The van der Waals surface area contributed by atoms with E-state index in [0.29, 0.717) is 0 Å². The Morgan fingerprint density at radius 1 is 1.47 bits per heavy atom. The maximum atomic E-state index is 13.2. The van der Waals surface area contributed by atoms with E-state index < -0.39 is 5.82 Å². The fraction of sp³-hybridized carbons (Fsp3) is 0.154. The number of hydrogen-bond donors (Lipinski definition) is 0. The second kappa shape index (κ2) is 7.07. The first kappa shape index (κ1) is 12.8. The molecule has 1 aromatic carbocycles. The highest BCUT2D eigenvalue weighted by atomic mass is 19.1. The zero-order valence-corrected chi connectivity index (χ0v) is 9.35. The van der Waals surface area contributed by atoms with Crippen LogP contribution in [0, 0.1) is 17.8 Å². The number of aliphatic imine (C=N–C) groups is 2. The molecule has 0 unspecified atom stereocenters. The third-order valence-electron chi connectivity index (χ3n) is 1.84. The summed E-state index contributed by atoms with van der Waals surface area (Å²) >= 11 is 0. The van der Waals surface area contributed by atoms with Crippen molar-refractivity contribution >= 4 is 18.3 Å². The highest BCUT2D eigenvalue weighted by molar-refractivity contribution is 5.97. The Labute approximate surface area is 99.1 Å². The fourth-order valence-electron chi connectivity index (χ4n) is 1.08. The molecule has 0 N–H and O–H groups in total. The molecule has 17 heavy (non-hydrogen) atoms. The molecule has 0 atom stereocenters. The molecule has 0 radical (unpaired) electrons. The van der Waals surface area contributed by atoms with Crippen LogP contribution in [-0.2, 0) is 0 Å². The Balaban J connectivity index is 2.59. The molecule has 0 aliphatic rings. The highest BCUT2D eigenvalue weighted by Crippen LogP contribution is 2.08. The number of rotatable bonds is 3. The lowest BCUT2D eigenvalue weighted by molar-refractivity contribution is 0.0994. The number of nitrogens with zero attached hydrogens (tertiary/aromatic N) is 2. The molecule has 0 spiro atoms. The Hall–Kier alpha value is -2.28. The van der Waals surface area contributed by atoms with Crippen LogP contribution in [0.15, 0.2) is 34.3 Å². The van der Waals surface area contributed by atoms with Gasteiger partial charge in [0, 0.05) is 12.3 Å². The molecule has 0 aromatic heterocycles. The van der Waals surface area contributed by atoms with Crippen molar-refractivity contribution in [3.05, 3.63) is 35.6 Å². The van der Waals surface area contributed by atoms with Gasteiger partial charge in [0.25, 0.3) is 0 Å². The average Bonchev–Trinajstić information content (AvgIpc) is 2.34. The quantitative estimate of drug-likeness (QED) is 0.340. The molecule has 0 bridgehead atoms. The van der Waals surface area contributed by atoms with E-state index in [9.17, 15) is 9.18 Å². The summed E-state index contributed by atoms with van der Waals surface area (Å²) in [7, 11) is 0. The van der Waals surface area contributed by atoms with E-state index in [2.05, 4.69) is 21.9 Å². The van der Waals surface area contributed by atoms with Gasteiger partial charge in [-0.15, -0.1) is 0 Å². The minimum absolute atomic E-state index is 0.0531. The summed E-state index contributed by atoms with van der Waals surface area (Å²) in [5, 5.41) is 0. The van der Waals surface area contributed by atoms with Gasteiger partial charge in [-0.25, -0.2) is 9.38 Å². The van der Waals surface area contributed by atoms with Crippen molar-refractivity contribution in [2.24, 2.45) is 9.98 Å². The normalized spacial score (nSPS) is 10.5. The molecule has 1 rings (SSSR count). The van der Waals surface area contributed by atoms with Crippen LogP contribution < -0.4 is 0 Å². The summed E-state index contributed by atoms with van der Waals surface area (Å²) in [6, 6.07) is 8.22. The number of carbonyl (C=O) groups excluding carboxylic acids is 1. The van der Waals surface area contributed by atoms with Gasteiger partial charge in [0.1, 0.15) is 12.2 Å². The summed E-state index contributed by atoms with van der Waals surface area (Å²) < 4.78 is 13.2. The second-order valence-electron chi connectivity index (χ2n) is 3.02. The van der Waals surface area contributed by atoms with Crippen molar-refractivity contribution < 1.29 is 9.18 Å². The summed E-state index contributed by atoms with van der Waals surface area (Å²) in [4.78, 5) is 18.8. The standard InChI is InChI=1S/C13H11FN2O/c1-2-15-10-16-9-5-8-13(17)11-6-3-4-7-12(11)14/h2-4,6-7,10H,8H2,1H3. The maximum absolute atomic E-state index is 13.2. The molecule has 0 aliphatic heterocycles. The largest absolute Gasteiger partial charge is 0.293 e. The van der Waals surface area contributed by atoms with Gasteiger partial charge < -0.3 is 0 Å². The number of halogens is 1. The lowest BCUT2D eigenvalue weighted by Gasteiger charge is -1.97. The average molecular weight is 230 g/mol. The zero-order chi connectivity index (χ0) is 12.5. The lowest BCUT2D eigenvalue weighted by atomic mass is 10.1. The smallest absolute Gasteiger partial charge is 0.177 e. The Morgan fingerprint density at radius 2 is 2.24 bits per heavy atom. The number of benzene rings is 1. The van der Waals surface area contributed by atoms with Gasteiger partial charge in [-0.2, -0.15) is 4.99 Å². The summed E-state index contributed by atoms with van der Waals surface area (Å²) in [5.41, 5.74) is 0.0531. The van der Waals surface area contributed by atoms with Crippen molar-refractivity contribution in [3.63, 3.8) is 0 Å². The maximum Gasteiger partial charge on any atom is 0.177 e. The van der Waals surface area contributed by atoms with Gasteiger partial charge in [-0.1, -0.05) is 18.1 Å². The van der Waals surface area contributed by atoms with Gasteiger partial charge in [-0.3, -0.25) is 4.79 Å². The van der Waals surface area contributed by atoms with E-state index >= 15 is 0 Å². The van der Waals surface area contributed by atoms with Crippen LogP contribution in [0.4, 0.5) is 4.39 Å². The molecule has 0 saturated heterocycles. The molecule has 0 fully saturated rings. The van der Waals surface area contributed by atoms with E-state index in [1.165, 1.54) is 24.5 Å².